The first-order chi connectivity index (χ1) is 24.3. The van der Waals surface area contributed by atoms with Crippen molar-refractivity contribution in [2.75, 3.05) is 0 Å². The van der Waals surface area contributed by atoms with Gasteiger partial charge in [-0.25, -0.2) is 15.0 Å². The minimum atomic E-state index is 0.720. The molecule has 0 bridgehead atoms. The highest BCUT2D eigenvalue weighted by atomic mass is 15.0. The van der Waals surface area contributed by atoms with Crippen molar-refractivity contribution in [3.8, 4) is 39.6 Å². The van der Waals surface area contributed by atoms with Crippen molar-refractivity contribution in [1.82, 2.24) is 19.5 Å². The molecule has 0 spiro atoms. The van der Waals surface area contributed by atoms with Gasteiger partial charge in [-0.2, -0.15) is 0 Å². The number of para-hydroxylation sites is 3. The minimum Gasteiger partial charge on any atom is -0.309 e. The molecule has 10 rings (SSSR count). The fourth-order valence-corrected chi connectivity index (χ4v) is 7.40. The second-order valence-electron chi connectivity index (χ2n) is 12.4. The number of benzene rings is 7. The zero-order chi connectivity index (χ0) is 32.3. The van der Waals surface area contributed by atoms with Crippen molar-refractivity contribution >= 4 is 54.4 Å². The van der Waals surface area contributed by atoms with Gasteiger partial charge in [-0.15, -0.1) is 0 Å². The molecule has 0 N–H and O–H groups in total. The van der Waals surface area contributed by atoms with Crippen LogP contribution in [0.5, 0.6) is 0 Å². The van der Waals surface area contributed by atoms with Crippen LogP contribution in [0.15, 0.2) is 170 Å². The summed E-state index contributed by atoms with van der Waals surface area (Å²) in [6.45, 7) is 0. The summed E-state index contributed by atoms with van der Waals surface area (Å²) in [6.07, 6.45) is 0. The molecule has 3 aromatic heterocycles. The average Bonchev–Trinajstić information content (AvgIpc) is 3.52. The van der Waals surface area contributed by atoms with Gasteiger partial charge in [0, 0.05) is 54.7 Å². The third kappa shape index (κ3) is 4.35. The van der Waals surface area contributed by atoms with Crippen LogP contribution in [0.3, 0.4) is 0 Å². The van der Waals surface area contributed by atoms with Crippen LogP contribution < -0.4 is 0 Å². The van der Waals surface area contributed by atoms with Crippen LogP contribution in [-0.2, 0) is 0 Å². The van der Waals surface area contributed by atoms with E-state index in [-0.39, 0.29) is 0 Å². The first-order valence-corrected chi connectivity index (χ1v) is 16.5. The van der Waals surface area contributed by atoms with Crippen LogP contribution >= 0.6 is 0 Å². The molecule has 0 aliphatic heterocycles. The maximum absolute atomic E-state index is 5.21. The molecule has 0 saturated carbocycles. The molecule has 0 fully saturated rings. The van der Waals surface area contributed by atoms with Gasteiger partial charge in [-0.3, -0.25) is 0 Å². The largest absolute Gasteiger partial charge is 0.309 e. The lowest BCUT2D eigenvalue weighted by Crippen LogP contribution is -1.97. The Balaban J connectivity index is 1.26. The number of fused-ring (bicyclic) bond motifs is 8. The zero-order valence-corrected chi connectivity index (χ0v) is 26.5. The van der Waals surface area contributed by atoms with Crippen molar-refractivity contribution in [2.45, 2.75) is 0 Å². The maximum atomic E-state index is 5.21. The van der Waals surface area contributed by atoms with E-state index in [1.165, 1.54) is 16.2 Å². The lowest BCUT2D eigenvalue weighted by Gasteiger charge is -2.14. The Kier molecular flexibility index (Phi) is 6.15. The molecule has 228 valence electrons. The second kappa shape index (κ2) is 11.0. The third-order valence-electron chi connectivity index (χ3n) is 9.56. The summed E-state index contributed by atoms with van der Waals surface area (Å²) >= 11 is 0. The molecule has 0 aliphatic carbocycles. The van der Waals surface area contributed by atoms with Crippen molar-refractivity contribution < 1.29 is 0 Å². The van der Waals surface area contributed by atoms with Crippen LogP contribution in [0, 0.1) is 0 Å². The standard InChI is InChI=1S/C45H28N4/c1-3-14-29(15-4-1)43-36-26-27-40-42(41(36)33-20-7-10-23-37(33)46-43)35-22-9-12-25-39(35)49(40)32-19-13-18-31(28-32)44-34-21-8-11-24-38(34)47-45(48-44)30-16-5-2-6-17-30/h1-28H. The Morgan fingerprint density at radius 3 is 1.76 bits per heavy atom. The fourth-order valence-electron chi connectivity index (χ4n) is 7.40. The van der Waals surface area contributed by atoms with Crippen molar-refractivity contribution in [2.24, 2.45) is 0 Å². The van der Waals surface area contributed by atoms with Crippen LogP contribution in [0.2, 0.25) is 0 Å². The highest BCUT2D eigenvalue weighted by Gasteiger charge is 2.20. The van der Waals surface area contributed by atoms with E-state index in [0.29, 0.717) is 0 Å². The Morgan fingerprint density at radius 2 is 0.959 bits per heavy atom. The number of aromatic nitrogens is 4. The first-order valence-electron chi connectivity index (χ1n) is 16.5. The van der Waals surface area contributed by atoms with E-state index in [0.717, 1.165) is 77.8 Å². The molecule has 3 heterocycles. The molecule has 0 aliphatic rings. The summed E-state index contributed by atoms with van der Waals surface area (Å²) < 4.78 is 2.40. The van der Waals surface area contributed by atoms with Gasteiger partial charge in [-0.1, -0.05) is 133 Å². The first kappa shape index (κ1) is 27.5. The van der Waals surface area contributed by atoms with Crippen LogP contribution in [0.25, 0.3) is 94.0 Å². The fraction of sp³-hybridized carbons (Fsp3) is 0. The Morgan fingerprint density at radius 1 is 0.347 bits per heavy atom. The molecule has 0 saturated heterocycles. The molecule has 4 nitrogen and oxygen atoms in total. The van der Waals surface area contributed by atoms with Crippen LogP contribution in [0.4, 0.5) is 0 Å². The summed E-state index contributed by atoms with van der Waals surface area (Å²) in [5.74, 6) is 0.720. The van der Waals surface area contributed by atoms with Gasteiger partial charge in [-0.05, 0) is 36.4 Å². The molecule has 0 radical (unpaired) electrons. The monoisotopic (exact) mass is 624 g/mol. The molecule has 7 aromatic carbocycles. The van der Waals surface area contributed by atoms with Crippen molar-refractivity contribution in [3.63, 3.8) is 0 Å². The van der Waals surface area contributed by atoms with Gasteiger partial charge in [0.1, 0.15) is 0 Å². The highest BCUT2D eigenvalue weighted by Crippen LogP contribution is 2.42. The van der Waals surface area contributed by atoms with E-state index in [4.69, 9.17) is 15.0 Å². The van der Waals surface area contributed by atoms with Gasteiger partial charge in [0.2, 0.25) is 0 Å². The van der Waals surface area contributed by atoms with E-state index >= 15 is 0 Å². The number of hydrogen-bond acceptors (Lipinski definition) is 3. The van der Waals surface area contributed by atoms with Gasteiger partial charge < -0.3 is 4.57 Å². The van der Waals surface area contributed by atoms with E-state index in [2.05, 4.69) is 150 Å². The van der Waals surface area contributed by atoms with Gasteiger partial charge >= 0.3 is 0 Å². The summed E-state index contributed by atoms with van der Waals surface area (Å²) in [5.41, 5.74) is 10.4. The number of rotatable bonds is 4. The quantitative estimate of drug-likeness (QED) is 0.183. The Hall–Kier alpha value is -6.65. The molecule has 0 atom stereocenters. The lowest BCUT2D eigenvalue weighted by atomic mass is 9.96. The number of pyridine rings is 1. The summed E-state index contributed by atoms with van der Waals surface area (Å²) in [7, 11) is 0. The van der Waals surface area contributed by atoms with Crippen LogP contribution in [0.1, 0.15) is 0 Å². The van der Waals surface area contributed by atoms with E-state index in [1.807, 2.05) is 24.3 Å². The second-order valence-corrected chi connectivity index (χ2v) is 12.4. The molecular weight excluding hydrogens is 597 g/mol. The molecule has 0 unspecified atom stereocenters. The normalized spacial score (nSPS) is 11.7. The number of hydrogen-bond donors (Lipinski definition) is 0. The predicted molar refractivity (Wildman–Crippen MR) is 203 cm³/mol. The molecule has 49 heavy (non-hydrogen) atoms. The zero-order valence-electron chi connectivity index (χ0n) is 26.5. The maximum Gasteiger partial charge on any atom is 0.160 e. The number of nitrogens with zero attached hydrogens (tertiary/aromatic N) is 4. The van der Waals surface area contributed by atoms with Crippen molar-refractivity contribution in [1.29, 1.82) is 0 Å². The smallest absolute Gasteiger partial charge is 0.160 e. The SMILES string of the molecule is c1ccc(-c2nc(-c3cccc(-n4c5ccccc5c5c6c(ccc54)c(-c4ccccc4)nc4ccccc46)c3)c3ccccc3n2)cc1. The molecule has 0 amide bonds. The van der Waals surface area contributed by atoms with Gasteiger partial charge in [0.05, 0.1) is 33.5 Å². The highest BCUT2D eigenvalue weighted by molar-refractivity contribution is 6.29. The molecular formula is C45H28N4. The summed E-state index contributed by atoms with van der Waals surface area (Å²) in [5, 5.41) is 6.99. The molecule has 4 heteroatoms. The van der Waals surface area contributed by atoms with Crippen molar-refractivity contribution in [3.05, 3.63) is 170 Å². The Labute approximate surface area is 282 Å². The average molecular weight is 625 g/mol. The van der Waals surface area contributed by atoms with E-state index in [9.17, 15) is 0 Å². The lowest BCUT2D eigenvalue weighted by molar-refractivity contribution is 1.18. The van der Waals surface area contributed by atoms with E-state index in [1.54, 1.807) is 0 Å². The van der Waals surface area contributed by atoms with Crippen LogP contribution in [-0.4, -0.2) is 19.5 Å². The third-order valence-corrected chi connectivity index (χ3v) is 9.56. The summed E-state index contributed by atoms with van der Waals surface area (Å²) in [4.78, 5) is 15.3. The minimum absolute atomic E-state index is 0.720. The summed E-state index contributed by atoms with van der Waals surface area (Å²) in [6, 6.07) is 59.5. The Bertz CT molecular complexity index is 2870. The van der Waals surface area contributed by atoms with Gasteiger partial charge in [0.25, 0.3) is 0 Å². The topological polar surface area (TPSA) is 43.6 Å². The predicted octanol–water partition coefficient (Wildman–Crippen LogP) is 11.4. The van der Waals surface area contributed by atoms with Gasteiger partial charge in [0.15, 0.2) is 5.82 Å². The van der Waals surface area contributed by atoms with E-state index < -0.39 is 0 Å². The molecule has 10 aromatic rings.